The summed E-state index contributed by atoms with van der Waals surface area (Å²) in [6.07, 6.45) is 4.32. The van der Waals surface area contributed by atoms with Crippen LogP contribution in [0.25, 0.3) is 10.8 Å². The number of aromatic nitrogens is 1. The van der Waals surface area contributed by atoms with E-state index in [1.165, 1.54) is 19.3 Å². The molecule has 3 aliphatic rings. The van der Waals surface area contributed by atoms with E-state index < -0.39 is 0 Å². The molecule has 3 nitrogen and oxygen atoms in total. The molecule has 0 radical (unpaired) electrons. The van der Waals surface area contributed by atoms with Crippen molar-refractivity contribution in [3.63, 3.8) is 0 Å². The minimum atomic E-state index is 0.0133. The summed E-state index contributed by atoms with van der Waals surface area (Å²) in [6.45, 7) is 0. The van der Waals surface area contributed by atoms with E-state index in [0.29, 0.717) is 6.04 Å². The highest BCUT2D eigenvalue weighted by atomic mass is 16.1. The third-order valence-electron chi connectivity index (χ3n) is 5.81. The van der Waals surface area contributed by atoms with Crippen molar-refractivity contribution >= 4 is 16.6 Å². The Bertz CT molecular complexity index is 734. The van der Waals surface area contributed by atoms with Gasteiger partial charge in [0, 0.05) is 11.4 Å². The molecule has 5 rings (SSSR count). The first kappa shape index (κ1) is 11.0. The molecule has 20 heavy (non-hydrogen) atoms. The summed E-state index contributed by atoms with van der Waals surface area (Å²) >= 11 is 0. The molecule has 1 aromatic carbocycles. The van der Waals surface area contributed by atoms with E-state index in [-0.39, 0.29) is 5.56 Å². The monoisotopic (exact) mass is 266 g/mol. The molecule has 3 aliphatic carbocycles. The van der Waals surface area contributed by atoms with Crippen LogP contribution >= 0.6 is 0 Å². The number of hydrogen-bond acceptors (Lipinski definition) is 2. The fourth-order valence-corrected chi connectivity index (χ4v) is 4.99. The Morgan fingerprint density at radius 3 is 2.65 bits per heavy atom. The van der Waals surface area contributed by atoms with Crippen molar-refractivity contribution in [1.29, 1.82) is 0 Å². The van der Waals surface area contributed by atoms with Crippen LogP contribution in [0.3, 0.4) is 0 Å². The lowest BCUT2D eigenvalue weighted by Crippen LogP contribution is -2.16. The van der Waals surface area contributed by atoms with Crippen molar-refractivity contribution in [1.82, 2.24) is 4.98 Å². The summed E-state index contributed by atoms with van der Waals surface area (Å²) in [7, 11) is 0. The summed E-state index contributed by atoms with van der Waals surface area (Å²) in [5, 5.41) is 5.39. The average molecular weight is 266 g/mol. The number of H-pyrrole nitrogens is 1. The quantitative estimate of drug-likeness (QED) is 0.877. The molecule has 3 fully saturated rings. The Morgan fingerprint density at radius 1 is 1.10 bits per heavy atom. The van der Waals surface area contributed by atoms with Gasteiger partial charge in [0.05, 0.1) is 0 Å². The van der Waals surface area contributed by atoms with Gasteiger partial charge in [-0.15, -0.1) is 0 Å². The molecular weight excluding hydrogens is 248 g/mol. The normalized spacial score (nSPS) is 37.1. The van der Waals surface area contributed by atoms with Crippen LogP contribution < -0.4 is 10.9 Å². The number of fused-ring (bicyclic) bond motifs is 6. The Balaban J connectivity index is 1.47. The van der Waals surface area contributed by atoms with E-state index in [2.05, 4.69) is 16.4 Å². The number of anilines is 1. The predicted molar refractivity (Wildman–Crippen MR) is 79.8 cm³/mol. The predicted octanol–water partition coefficient (Wildman–Crippen LogP) is 2.98. The molecule has 0 aliphatic heterocycles. The van der Waals surface area contributed by atoms with Crippen LogP contribution in [0.1, 0.15) is 19.3 Å². The Labute approximate surface area is 117 Å². The summed E-state index contributed by atoms with van der Waals surface area (Å²) in [6, 6.07) is 10.5. The summed E-state index contributed by atoms with van der Waals surface area (Å²) in [5.41, 5.74) is 0.0133. The van der Waals surface area contributed by atoms with Crippen LogP contribution in [-0.2, 0) is 0 Å². The molecule has 1 heterocycles. The number of benzene rings is 1. The maximum absolute atomic E-state index is 12.1. The minimum Gasteiger partial charge on any atom is -0.368 e. The van der Waals surface area contributed by atoms with Crippen LogP contribution in [0.4, 0.5) is 5.82 Å². The number of aromatic amines is 1. The van der Waals surface area contributed by atoms with Crippen molar-refractivity contribution in [2.75, 3.05) is 5.32 Å². The van der Waals surface area contributed by atoms with Crippen LogP contribution in [0.5, 0.6) is 0 Å². The number of pyridine rings is 1. The van der Waals surface area contributed by atoms with Gasteiger partial charge in [0.2, 0.25) is 0 Å². The van der Waals surface area contributed by atoms with Gasteiger partial charge in [0.1, 0.15) is 5.82 Å². The van der Waals surface area contributed by atoms with Gasteiger partial charge in [0.25, 0.3) is 5.56 Å². The van der Waals surface area contributed by atoms with E-state index in [4.69, 9.17) is 0 Å². The third-order valence-corrected chi connectivity index (χ3v) is 5.81. The smallest absolute Gasteiger partial charge is 0.257 e. The molecule has 0 spiro atoms. The SMILES string of the molecule is O=c1[nH]c(NC2C3C4CCC(C4)C23)cc2ccccc12. The standard InChI is InChI=1S/C17H18N2O/c20-17-12-4-2-1-3-9(12)8-13(19-17)18-16-14-10-5-6-11(7-10)15(14)16/h1-4,8,10-11,14-16H,5-7H2,(H2,18,19,20). The van der Waals surface area contributed by atoms with Crippen molar-refractivity contribution in [2.24, 2.45) is 23.7 Å². The van der Waals surface area contributed by atoms with Crippen LogP contribution in [0, 0.1) is 23.7 Å². The number of nitrogens with one attached hydrogen (secondary N) is 2. The zero-order valence-electron chi connectivity index (χ0n) is 11.3. The van der Waals surface area contributed by atoms with Gasteiger partial charge in [-0.2, -0.15) is 0 Å². The van der Waals surface area contributed by atoms with E-state index in [9.17, 15) is 4.79 Å². The average Bonchev–Trinajstić information content (AvgIpc) is 2.83. The van der Waals surface area contributed by atoms with E-state index in [0.717, 1.165) is 40.3 Å². The van der Waals surface area contributed by atoms with Crippen molar-refractivity contribution in [2.45, 2.75) is 25.3 Å². The lowest BCUT2D eigenvalue weighted by Gasteiger charge is -2.12. The number of rotatable bonds is 2. The second kappa shape index (κ2) is 3.66. The van der Waals surface area contributed by atoms with E-state index >= 15 is 0 Å². The molecule has 102 valence electrons. The summed E-state index contributed by atoms with van der Waals surface area (Å²) < 4.78 is 0. The molecule has 4 atom stereocenters. The Morgan fingerprint density at radius 2 is 1.85 bits per heavy atom. The van der Waals surface area contributed by atoms with Gasteiger partial charge >= 0.3 is 0 Å². The fourth-order valence-electron chi connectivity index (χ4n) is 4.99. The molecule has 0 saturated heterocycles. The van der Waals surface area contributed by atoms with Gasteiger partial charge in [-0.1, -0.05) is 18.2 Å². The molecule has 2 N–H and O–H groups in total. The zero-order chi connectivity index (χ0) is 13.3. The van der Waals surface area contributed by atoms with Crippen LogP contribution in [0.2, 0.25) is 0 Å². The first-order valence-electron chi connectivity index (χ1n) is 7.70. The molecule has 2 aromatic rings. The topological polar surface area (TPSA) is 44.9 Å². The maximum Gasteiger partial charge on any atom is 0.257 e. The number of hydrogen-bond donors (Lipinski definition) is 2. The van der Waals surface area contributed by atoms with Crippen molar-refractivity contribution in [3.8, 4) is 0 Å². The molecule has 1 aromatic heterocycles. The maximum atomic E-state index is 12.1. The first-order chi connectivity index (χ1) is 9.81. The zero-order valence-corrected chi connectivity index (χ0v) is 11.3. The molecular formula is C17H18N2O. The lowest BCUT2D eigenvalue weighted by molar-refractivity contribution is 0.456. The van der Waals surface area contributed by atoms with Gasteiger partial charge < -0.3 is 10.3 Å². The summed E-state index contributed by atoms with van der Waals surface area (Å²) in [4.78, 5) is 15.1. The second-order valence-corrected chi connectivity index (χ2v) is 6.76. The van der Waals surface area contributed by atoms with Crippen LogP contribution in [0.15, 0.2) is 35.1 Å². The van der Waals surface area contributed by atoms with E-state index in [1.54, 1.807) is 0 Å². The minimum absolute atomic E-state index is 0.0133. The fraction of sp³-hybridized carbons (Fsp3) is 0.471. The second-order valence-electron chi connectivity index (χ2n) is 6.76. The summed E-state index contributed by atoms with van der Waals surface area (Å²) in [5.74, 6) is 4.56. The van der Waals surface area contributed by atoms with Crippen molar-refractivity contribution < 1.29 is 0 Å². The van der Waals surface area contributed by atoms with Crippen molar-refractivity contribution in [3.05, 3.63) is 40.7 Å². The highest BCUT2D eigenvalue weighted by Gasteiger charge is 2.65. The highest BCUT2D eigenvalue weighted by Crippen LogP contribution is 2.66. The van der Waals surface area contributed by atoms with E-state index in [1.807, 2.05) is 24.3 Å². The largest absolute Gasteiger partial charge is 0.368 e. The highest BCUT2D eigenvalue weighted by molar-refractivity contribution is 5.83. The van der Waals surface area contributed by atoms with Gasteiger partial charge in [-0.05, 0) is 60.5 Å². The molecule has 3 saturated carbocycles. The van der Waals surface area contributed by atoms with Crippen LogP contribution in [-0.4, -0.2) is 11.0 Å². The Hall–Kier alpha value is -1.77. The van der Waals surface area contributed by atoms with Gasteiger partial charge in [-0.25, -0.2) is 0 Å². The molecule has 2 bridgehead atoms. The molecule has 0 amide bonds. The third kappa shape index (κ3) is 1.38. The molecule has 3 heteroatoms. The lowest BCUT2D eigenvalue weighted by atomic mass is 10.0. The Kier molecular flexibility index (Phi) is 2.00. The van der Waals surface area contributed by atoms with Gasteiger partial charge in [0.15, 0.2) is 0 Å². The first-order valence-corrected chi connectivity index (χ1v) is 7.70. The van der Waals surface area contributed by atoms with Gasteiger partial charge in [-0.3, -0.25) is 4.79 Å². The molecule has 4 unspecified atom stereocenters.